The summed E-state index contributed by atoms with van der Waals surface area (Å²) in [6.45, 7) is 0. The predicted molar refractivity (Wildman–Crippen MR) is 103 cm³/mol. The van der Waals surface area contributed by atoms with E-state index in [1.165, 1.54) is 0 Å². The summed E-state index contributed by atoms with van der Waals surface area (Å²) >= 11 is 0. The van der Waals surface area contributed by atoms with Gasteiger partial charge in [-0.15, -0.1) is 5.48 Å². The Labute approximate surface area is 171 Å². The molecule has 0 aliphatic carbocycles. The van der Waals surface area contributed by atoms with Crippen molar-refractivity contribution in [3.05, 3.63) is 0 Å². The number of nitrogens with one attached hydrogen (secondary N) is 1. The number of hydrogen-bond donors (Lipinski definition) is 4. The first-order chi connectivity index (χ1) is 13.9. The molecular weight excluding hydrogens is 384 g/mol. The fraction of sp³-hybridized carbons (Fsp3) is 0.789. The summed E-state index contributed by atoms with van der Waals surface area (Å²) in [6, 6.07) is -0.970. The van der Waals surface area contributed by atoms with E-state index >= 15 is 0 Å². The predicted octanol–water partition coefficient (Wildman–Crippen LogP) is 2.45. The first-order valence-corrected chi connectivity index (χ1v) is 10.2. The average Bonchev–Trinajstić information content (AvgIpc) is 2.67. The third-order valence-electron chi connectivity index (χ3n) is 4.39. The second-order valence-electron chi connectivity index (χ2n) is 6.94. The molecule has 0 aromatic heterocycles. The summed E-state index contributed by atoms with van der Waals surface area (Å²) in [5, 5.41) is 17.7. The molecule has 0 aliphatic heterocycles. The summed E-state index contributed by atoms with van der Waals surface area (Å²) in [6.07, 6.45) is 9.23. The highest BCUT2D eigenvalue weighted by atomic mass is 16.7. The van der Waals surface area contributed by atoms with Gasteiger partial charge in [0.25, 0.3) is 0 Å². The Kier molecular flexibility index (Phi) is 16.5. The number of rotatable bonds is 19. The molecule has 0 aliphatic rings. The van der Waals surface area contributed by atoms with Crippen LogP contribution in [0.1, 0.15) is 89.9 Å². The van der Waals surface area contributed by atoms with Gasteiger partial charge >= 0.3 is 23.9 Å². The highest BCUT2D eigenvalue weighted by Gasteiger charge is 2.18. The van der Waals surface area contributed by atoms with Gasteiger partial charge in [0.05, 0.1) is 0 Å². The van der Waals surface area contributed by atoms with E-state index in [9.17, 15) is 24.3 Å². The summed E-state index contributed by atoms with van der Waals surface area (Å²) in [5.74, 6) is 1.56. The summed E-state index contributed by atoms with van der Waals surface area (Å²) < 4.78 is 0. The van der Waals surface area contributed by atoms with Gasteiger partial charge < -0.3 is 19.9 Å². The van der Waals surface area contributed by atoms with Gasteiger partial charge in [-0.25, -0.2) is 0 Å². The van der Waals surface area contributed by atoms with Gasteiger partial charge in [0, 0.05) is 19.3 Å². The van der Waals surface area contributed by atoms with E-state index < -0.39 is 29.9 Å². The Balaban J connectivity index is 3.69. The Hall–Kier alpha value is -2.20. The third-order valence-corrected chi connectivity index (χ3v) is 4.39. The number of carbonyl (C=O) groups is 4. The number of carbonyl (C=O) groups excluding carboxylic acids is 2. The van der Waals surface area contributed by atoms with Crippen molar-refractivity contribution in [2.45, 2.75) is 95.9 Å². The Bertz CT molecular complexity index is 499. The number of unbranched alkanes of at least 4 members (excludes halogenated alkanes) is 8. The fourth-order valence-electron chi connectivity index (χ4n) is 2.72. The van der Waals surface area contributed by atoms with Gasteiger partial charge in [-0.2, -0.15) is 5.90 Å². The van der Waals surface area contributed by atoms with Crippen LogP contribution in [0.4, 0.5) is 0 Å². The molecule has 1 unspecified atom stereocenters. The van der Waals surface area contributed by atoms with Gasteiger partial charge in [0.1, 0.15) is 6.04 Å². The zero-order valence-corrected chi connectivity index (χ0v) is 16.9. The molecule has 0 bridgehead atoms. The van der Waals surface area contributed by atoms with Crippen LogP contribution >= 0.6 is 0 Å². The topological polar surface area (TPSA) is 165 Å². The first kappa shape index (κ1) is 26.8. The molecule has 0 amide bonds. The second-order valence-corrected chi connectivity index (χ2v) is 6.94. The van der Waals surface area contributed by atoms with Crippen molar-refractivity contribution in [1.29, 1.82) is 0 Å². The number of carboxylic acid groups (broad SMARTS) is 2. The van der Waals surface area contributed by atoms with Crippen molar-refractivity contribution in [3.8, 4) is 0 Å². The van der Waals surface area contributed by atoms with Crippen LogP contribution in [0, 0.1) is 0 Å². The molecule has 0 radical (unpaired) electrons. The minimum absolute atomic E-state index is 0.0176. The third kappa shape index (κ3) is 17.6. The number of hydrogen-bond acceptors (Lipinski definition) is 8. The van der Waals surface area contributed by atoms with Gasteiger partial charge in [-0.3, -0.25) is 19.2 Å². The molecular formula is C19H34N2O8. The van der Waals surface area contributed by atoms with E-state index in [-0.39, 0.29) is 25.7 Å². The number of nitrogens with two attached hydrogens (primary N) is 1. The van der Waals surface area contributed by atoms with Crippen LogP contribution in [0.3, 0.4) is 0 Å². The molecule has 0 spiro atoms. The van der Waals surface area contributed by atoms with Crippen LogP contribution in [0.2, 0.25) is 0 Å². The number of hydroxylamine groups is 1. The number of aliphatic carboxylic acids is 2. The normalized spacial score (nSPS) is 11.6. The summed E-state index contributed by atoms with van der Waals surface area (Å²) in [5.41, 5.74) is 2.28. The molecule has 0 aromatic carbocycles. The molecule has 0 heterocycles. The van der Waals surface area contributed by atoms with Gasteiger partial charge in [-0.1, -0.05) is 51.4 Å². The molecule has 5 N–H and O–H groups in total. The van der Waals surface area contributed by atoms with E-state index in [1.807, 2.05) is 0 Å². The van der Waals surface area contributed by atoms with Crippen LogP contribution in [-0.2, 0) is 28.9 Å². The molecule has 29 heavy (non-hydrogen) atoms. The van der Waals surface area contributed by atoms with Crippen molar-refractivity contribution < 1.29 is 39.1 Å². The summed E-state index contributed by atoms with van der Waals surface area (Å²) in [4.78, 5) is 52.7. The minimum Gasteiger partial charge on any atom is -0.481 e. The highest BCUT2D eigenvalue weighted by molar-refractivity contribution is 5.74. The van der Waals surface area contributed by atoms with Crippen LogP contribution in [0.25, 0.3) is 0 Å². The maximum atomic E-state index is 11.5. The Morgan fingerprint density at radius 2 is 1.24 bits per heavy atom. The van der Waals surface area contributed by atoms with Crippen molar-refractivity contribution in [1.82, 2.24) is 5.48 Å². The standard InChI is InChI=1S/C19H34N2O8/c20-28-17(24)13-10-14-18(25)29-21-15(19(26)27)11-8-6-4-2-1-3-5-7-9-12-16(22)23/h15,21H,1-14,20H2,(H,22,23)(H,26,27). The van der Waals surface area contributed by atoms with E-state index in [1.54, 1.807) is 0 Å². The maximum Gasteiger partial charge on any atom is 0.324 e. The lowest BCUT2D eigenvalue weighted by Gasteiger charge is -2.13. The summed E-state index contributed by atoms with van der Waals surface area (Å²) in [7, 11) is 0. The lowest BCUT2D eigenvalue weighted by atomic mass is 10.0. The SMILES string of the molecule is NOC(=O)CCCC(=O)ONC(CCCCCCCCCCCC(=O)O)C(=O)O. The van der Waals surface area contributed by atoms with E-state index in [4.69, 9.17) is 9.94 Å². The van der Waals surface area contributed by atoms with Crippen LogP contribution < -0.4 is 11.4 Å². The highest BCUT2D eigenvalue weighted by Crippen LogP contribution is 2.12. The quantitative estimate of drug-likeness (QED) is 0.181. The van der Waals surface area contributed by atoms with E-state index in [2.05, 4.69) is 16.2 Å². The average molecular weight is 418 g/mol. The van der Waals surface area contributed by atoms with Crippen LogP contribution in [0.15, 0.2) is 0 Å². The Morgan fingerprint density at radius 3 is 1.76 bits per heavy atom. The molecule has 10 nitrogen and oxygen atoms in total. The smallest absolute Gasteiger partial charge is 0.324 e. The molecule has 0 saturated carbocycles. The number of carboxylic acids is 2. The van der Waals surface area contributed by atoms with Gasteiger partial charge in [-0.05, 0) is 19.3 Å². The zero-order chi connectivity index (χ0) is 21.9. The largest absolute Gasteiger partial charge is 0.481 e. The van der Waals surface area contributed by atoms with Crippen molar-refractivity contribution in [2.24, 2.45) is 5.90 Å². The van der Waals surface area contributed by atoms with Crippen molar-refractivity contribution in [3.63, 3.8) is 0 Å². The minimum atomic E-state index is -1.09. The van der Waals surface area contributed by atoms with Crippen molar-refractivity contribution >= 4 is 23.9 Å². The molecule has 1 atom stereocenters. The van der Waals surface area contributed by atoms with Gasteiger partial charge in [0.2, 0.25) is 0 Å². The molecule has 0 aromatic rings. The van der Waals surface area contributed by atoms with Gasteiger partial charge in [0.15, 0.2) is 0 Å². The maximum absolute atomic E-state index is 11.5. The van der Waals surface area contributed by atoms with Crippen molar-refractivity contribution in [2.75, 3.05) is 0 Å². The Morgan fingerprint density at radius 1 is 0.724 bits per heavy atom. The molecule has 0 rings (SSSR count). The lowest BCUT2D eigenvalue weighted by Crippen LogP contribution is -2.38. The molecule has 0 saturated heterocycles. The van der Waals surface area contributed by atoms with Crippen LogP contribution in [-0.4, -0.2) is 40.1 Å². The second kappa shape index (κ2) is 17.9. The monoisotopic (exact) mass is 418 g/mol. The van der Waals surface area contributed by atoms with Crippen LogP contribution in [0.5, 0.6) is 0 Å². The molecule has 10 heteroatoms. The van der Waals surface area contributed by atoms with E-state index in [0.29, 0.717) is 12.8 Å². The molecule has 168 valence electrons. The van der Waals surface area contributed by atoms with E-state index in [0.717, 1.165) is 51.4 Å². The lowest BCUT2D eigenvalue weighted by molar-refractivity contribution is -0.158. The fourth-order valence-corrected chi connectivity index (χ4v) is 2.72. The molecule has 0 fully saturated rings. The zero-order valence-electron chi connectivity index (χ0n) is 16.9. The first-order valence-electron chi connectivity index (χ1n) is 10.2.